The molecule has 2 bridgehead atoms. The number of rotatable bonds is 7. The third-order valence-electron chi connectivity index (χ3n) is 9.62. The first kappa shape index (κ1) is 39.6. The van der Waals surface area contributed by atoms with Crippen LogP contribution in [0.15, 0.2) is 140 Å². The number of carboxylic acids is 1. The number of amides is 5. The van der Waals surface area contributed by atoms with Crippen LogP contribution < -0.4 is 26.6 Å². The minimum absolute atomic E-state index is 0.00944. The molecule has 0 spiro atoms. The third kappa shape index (κ3) is 11.2. The monoisotopic (exact) mass is 765 g/mol. The molecule has 0 saturated heterocycles. The summed E-state index contributed by atoms with van der Waals surface area (Å²) in [4.78, 5) is 81.1. The van der Waals surface area contributed by atoms with Crippen LogP contribution in [0.2, 0.25) is 0 Å². The van der Waals surface area contributed by atoms with E-state index in [0.29, 0.717) is 27.9 Å². The van der Waals surface area contributed by atoms with Crippen LogP contribution in [0.4, 0.5) is 5.69 Å². The summed E-state index contributed by atoms with van der Waals surface area (Å²) in [6.45, 7) is 0. The molecule has 5 aromatic rings. The van der Waals surface area contributed by atoms with E-state index in [9.17, 15) is 33.9 Å². The van der Waals surface area contributed by atoms with Crippen molar-refractivity contribution in [3.8, 4) is 11.1 Å². The zero-order chi connectivity index (χ0) is 40.1. The second kappa shape index (κ2) is 19.0. The predicted octanol–water partition coefficient (Wildman–Crippen LogP) is 4.51. The Hall–Kier alpha value is -7.08. The number of anilines is 1. The van der Waals surface area contributed by atoms with Gasteiger partial charge in [-0.2, -0.15) is 0 Å². The van der Waals surface area contributed by atoms with Crippen molar-refractivity contribution >= 4 is 41.2 Å². The van der Waals surface area contributed by atoms with Crippen molar-refractivity contribution in [3.63, 3.8) is 0 Å². The molecule has 2 aliphatic heterocycles. The molecule has 12 heteroatoms. The van der Waals surface area contributed by atoms with Gasteiger partial charge in [0, 0.05) is 37.8 Å². The molecule has 290 valence electrons. The summed E-state index contributed by atoms with van der Waals surface area (Å²) in [6, 6.07) is 36.1. The molecule has 0 aromatic heterocycles. The van der Waals surface area contributed by atoms with Crippen molar-refractivity contribution in [2.45, 2.75) is 56.3 Å². The number of benzene rings is 5. The molecule has 57 heavy (non-hydrogen) atoms. The SMILES string of the molecule is O=C1CCC(=O)NC(c2ccccc2)C(=O)NC(Cc2ccc(-c3ccccc3)cc2)C(=O)NC(Cc2ccccc2)C(=O)NC(C(=O)O)Cc2ccc(cc2)N1. The molecule has 4 atom stereocenters. The summed E-state index contributed by atoms with van der Waals surface area (Å²) in [5.41, 5.74) is 4.80. The maximum atomic E-state index is 14.4. The molecular formula is C45H43N5O7. The maximum Gasteiger partial charge on any atom is 0.326 e. The van der Waals surface area contributed by atoms with Gasteiger partial charge in [-0.1, -0.05) is 127 Å². The highest BCUT2D eigenvalue weighted by Gasteiger charge is 2.32. The number of hydrogen-bond acceptors (Lipinski definition) is 6. The fourth-order valence-corrected chi connectivity index (χ4v) is 6.56. The smallest absolute Gasteiger partial charge is 0.326 e. The Kier molecular flexibility index (Phi) is 13.2. The van der Waals surface area contributed by atoms with Gasteiger partial charge in [0.25, 0.3) is 0 Å². The molecule has 6 N–H and O–H groups in total. The van der Waals surface area contributed by atoms with E-state index in [1.54, 1.807) is 78.9 Å². The van der Waals surface area contributed by atoms with Gasteiger partial charge in [0.05, 0.1) is 0 Å². The summed E-state index contributed by atoms with van der Waals surface area (Å²) in [5.74, 6) is -4.42. The normalized spacial score (nSPS) is 19.8. The second-order valence-corrected chi connectivity index (χ2v) is 13.8. The van der Waals surface area contributed by atoms with Gasteiger partial charge in [0.2, 0.25) is 29.5 Å². The molecule has 0 fully saturated rings. The van der Waals surface area contributed by atoms with Gasteiger partial charge in [-0.3, -0.25) is 24.0 Å². The van der Waals surface area contributed by atoms with Crippen LogP contribution >= 0.6 is 0 Å². The van der Waals surface area contributed by atoms with Gasteiger partial charge in [-0.25, -0.2) is 4.79 Å². The van der Waals surface area contributed by atoms with Crippen LogP contribution in [0.5, 0.6) is 0 Å². The molecule has 0 aliphatic carbocycles. The Balaban J connectivity index is 1.36. The Bertz CT molecular complexity index is 2180. The standard InChI is InChI=1S/C45H43N5O7/c51-39-24-25-40(52)50-41(34-14-8-3-9-15-34)44(55)48-37(27-30-16-20-33(21-17-30)32-12-6-2-7-13-32)42(53)47-36(26-29-10-4-1-5-11-29)43(54)49-38(45(56)57)28-31-18-22-35(46-39)23-19-31/h1-23,36-38,41H,24-28H2,(H,46,51)(H,47,53)(H,48,55)(H,49,54)(H,50,52)(H,56,57). The average molecular weight is 766 g/mol. The highest BCUT2D eigenvalue weighted by atomic mass is 16.4. The molecule has 12 nitrogen and oxygen atoms in total. The van der Waals surface area contributed by atoms with E-state index >= 15 is 0 Å². The Morgan fingerprint density at radius 2 is 1.04 bits per heavy atom. The number of carbonyl (C=O) groups is 6. The van der Waals surface area contributed by atoms with Crippen LogP contribution in [-0.2, 0) is 48.0 Å². The van der Waals surface area contributed by atoms with E-state index < -0.39 is 59.7 Å². The first-order valence-corrected chi connectivity index (χ1v) is 18.7. The van der Waals surface area contributed by atoms with Crippen molar-refractivity contribution in [2.24, 2.45) is 0 Å². The fourth-order valence-electron chi connectivity index (χ4n) is 6.56. The minimum Gasteiger partial charge on any atom is -0.480 e. The number of nitrogens with one attached hydrogen (secondary N) is 5. The van der Waals surface area contributed by atoms with Crippen LogP contribution in [0.1, 0.15) is 41.1 Å². The van der Waals surface area contributed by atoms with E-state index in [4.69, 9.17) is 0 Å². The molecule has 0 saturated carbocycles. The lowest BCUT2D eigenvalue weighted by Crippen LogP contribution is -2.58. The second-order valence-electron chi connectivity index (χ2n) is 13.8. The number of fused-ring (bicyclic) bond motifs is 18. The predicted molar refractivity (Wildman–Crippen MR) is 214 cm³/mol. The van der Waals surface area contributed by atoms with Gasteiger partial charge in [-0.15, -0.1) is 0 Å². The number of carbonyl (C=O) groups excluding carboxylic acids is 5. The largest absolute Gasteiger partial charge is 0.480 e. The quantitative estimate of drug-likeness (QED) is 0.132. The summed E-state index contributed by atoms with van der Waals surface area (Å²) in [5, 5.41) is 23.8. The summed E-state index contributed by atoms with van der Waals surface area (Å²) < 4.78 is 0. The van der Waals surface area contributed by atoms with Gasteiger partial charge in [0.15, 0.2) is 0 Å². The summed E-state index contributed by atoms with van der Waals surface area (Å²) >= 11 is 0. The Morgan fingerprint density at radius 3 is 1.65 bits per heavy atom. The van der Waals surface area contributed by atoms with Crippen LogP contribution in [0, 0.1) is 0 Å². The van der Waals surface area contributed by atoms with Crippen molar-refractivity contribution in [1.29, 1.82) is 0 Å². The first-order valence-electron chi connectivity index (χ1n) is 18.7. The Labute approximate surface area is 330 Å². The maximum absolute atomic E-state index is 14.4. The zero-order valence-electron chi connectivity index (χ0n) is 31.0. The van der Waals surface area contributed by atoms with E-state index in [0.717, 1.165) is 11.1 Å². The summed E-state index contributed by atoms with van der Waals surface area (Å²) in [7, 11) is 0. The van der Waals surface area contributed by atoms with Crippen LogP contribution in [-0.4, -0.2) is 58.7 Å². The molecule has 4 unspecified atom stereocenters. The molecule has 2 aliphatic rings. The molecule has 7 rings (SSSR count). The minimum atomic E-state index is -1.36. The van der Waals surface area contributed by atoms with Gasteiger partial charge in [-0.05, 0) is 45.5 Å². The van der Waals surface area contributed by atoms with Crippen molar-refractivity contribution in [3.05, 3.63) is 162 Å². The van der Waals surface area contributed by atoms with Crippen LogP contribution in [0.25, 0.3) is 11.1 Å². The number of carboxylic acid groups (broad SMARTS) is 1. The lowest BCUT2D eigenvalue weighted by Gasteiger charge is -2.26. The van der Waals surface area contributed by atoms with Gasteiger partial charge in [0.1, 0.15) is 24.2 Å². The van der Waals surface area contributed by atoms with Crippen molar-refractivity contribution in [2.75, 3.05) is 5.32 Å². The molecule has 2 heterocycles. The Morgan fingerprint density at radius 1 is 0.526 bits per heavy atom. The van der Waals surface area contributed by atoms with E-state index in [-0.39, 0.29) is 32.1 Å². The molecule has 5 aromatic carbocycles. The zero-order valence-corrected chi connectivity index (χ0v) is 31.0. The van der Waals surface area contributed by atoms with E-state index in [1.165, 1.54) is 0 Å². The highest BCUT2D eigenvalue weighted by Crippen LogP contribution is 2.21. The first-order chi connectivity index (χ1) is 27.6. The van der Waals surface area contributed by atoms with Crippen LogP contribution in [0.3, 0.4) is 0 Å². The molecule has 0 radical (unpaired) electrons. The summed E-state index contributed by atoms with van der Waals surface area (Å²) in [6.07, 6.45) is -0.464. The third-order valence-corrected chi connectivity index (χ3v) is 9.62. The topological polar surface area (TPSA) is 183 Å². The molecule has 5 amide bonds. The van der Waals surface area contributed by atoms with Gasteiger partial charge >= 0.3 is 5.97 Å². The number of hydrogen-bond donors (Lipinski definition) is 6. The molecular weight excluding hydrogens is 723 g/mol. The average Bonchev–Trinajstić information content (AvgIpc) is 3.22. The van der Waals surface area contributed by atoms with Crippen molar-refractivity contribution in [1.82, 2.24) is 21.3 Å². The number of aliphatic carboxylic acids is 1. The lowest BCUT2D eigenvalue weighted by molar-refractivity contribution is -0.142. The van der Waals surface area contributed by atoms with Gasteiger partial charge < -0.3 is 31.7 Å². The van der Waals surface area contributed by atoms with E-state index in [1.807, 2.05) is 60.7 Å². The van der Waals surface area contributed by atoms with Crippen molar-refractivity contribution < 1.29 is 33.9 Å². The highest BCUT2D eigenvalue weighted by molar-refractivity contribution is 5.97. The lowest BCUT2D eigenvalue weighted by atomic mass is 9.98. The van der Waals surface area contributed by atoms with E-state index in [2.05, 4.69) is 26.6 Å². The fraction of sp³-hybridized carbons (Fsp3) is 0.200.